The Morgan fingerprint density at radius 3 is 2.55 bits per heavy atom. The van der Waals surface area contributed by atoms with Gasteiger partial charge >= 0.3 is 0 Å². The van der Waals surface area contributed by atoms with E-state index in [-0.39, 0.29) is 16.5 Å². The molecule has 0 saturated carbocycles. The molecule has 0 spiro atoms. The molecule has 2 aromatic carbocycles. The van der Waals surface area contributed by atoms with E-state index in [0.29, 0.717) is 29.3 Å². The van der Waals surface area contributed by atoms with Gasteiger partial charge in [-0.15, -0.1) is 0 Å². The van der Waals surface area contributed by atoms with E-state index in [1.807, 2.05) is 6.92 Å². The van der Waals surface area contributed by atoms with Crippen LogP contribution in [0.4, 0.5) is 20.4 Å². The highest BCUT2D eigenvalue weighted by molar-refractivity contribution is 7.92. The van der Waals surface area contributed by atoms with Gasteiger partial charge in [0.25, 0.3) is 10.0 Å². The number of anilines is 2. The molecule has 164 valence electrons. The highest BCUT2D eigenvalue weighted by atomic mass is 32.2. The molecule has 0 saturated heterocycles. The number of carbonyl (C=O) groups excluding carboxylic acids is 1. The fraction of sp³-hybridized carbons (Fsp3) is 0.200. The number of hydrogen-bond donors (Lipinski definition) is 2. The number of amides is 1. The van der Waals surface area contributed by atoms with E-state index >= 15 is 0 Å². The molecule has 8 nitrogen and oxygen atoms in total. The van der Waals surface area contributed by atoms with Gasteiger partial charge < -0.3 is 9.26 Å². The number of halogens is 2. The molecule has 3 aromatic rings. The minimum absolute atomic E-state index is 0.00523. The summed E-state index contributed by atoms with van der Waals surface area (Å²) < 4.78 is 65.6. The van der Waals surface area contributed by atoms with Gasteiger partial charge in [0, 0.05) is 13.0 Å². The molecule has 31 heavy (non-hydrogen) atoms. The molecule has 0 fully saturated rings. The van der Waals surface area contributed by atoms with Crippen LogP contribution < -0.4 is 14.8 Å². The summed E-state index contributed by atoms with van der Waals surface area (Å²) in [5.41, 5.74) is 0.856. The average molecular weight is 451 g/mol. The smallest absolute Gasteiger partial charge is 0.265 e. The number of hydrogen-bond acceptors (Lipinski definition) is 6. The highest BCUT2D eigenvalue weighted by Gasteiger charge is 2.25. The number of benzene rings is 2. The van der Waals surface area contributed by atoms with Crippen LogP contribution in [0.1, 0.15) is 19.5 Å². The Bertz CT molecular complexity index is 1240. The second-order valence-electron chi connectivity index (χ2n) is 6.46. The van der Waals surface area contributed by atoms with E-state index in [1.54, 1.807) is 6.07 Å². The Morgan fingerprint density at radius 2 is 1.94 bits per heavy atom. The van der Waals surface area contributed by atoms with Crippen molar-refractivity contribution < 1.29 is 31.3 Å². The first-order valence-electron chi connectivity index (χ1n) is 9.08. The number of ether oxygens (including phenoxy) is 1. The van der Waals surface area contributed by atoms with Crippen LogP contribution in [0.5, 0.6) is 5.75 Å². The first kappa shape index (κ1) is 22.2. The molecule has 0 bridgehead atoms. The monoisotopic (exact) mass is 451 g/mol. The largest absolute Gasteiger partial charge is 0.495 e. The minimum atomic E-state index is -4.34. The van der Waals surface area contributed by atoms with Gasteiger partial charge in [-0.1, -0.05) is 18.1 Å². The van der Waals surface area contributed by atoms with Crippen molar-refractivity contribution in [1.29, 1.82) is 0 Å². The number of aromatic nitrogens is 1. The van der Waals surface area contributed by atoms with E-state index < -0.39 is 33.3 Å². The van der Waals surface area contributed by atoms with E-state index in [1.165, 1.54) is 26.2 Å². The van der Waals surface area contributed by atoms with Crippen molar-refractivity contribution in [2.24, 2.45) is 0 Å². The van der Waals surface area contributed by atoms with Crippen molar-refractivity contribution in [2.75, 3.05) is 17.1 Å². The predicted molar refractivity (Wildman–Crippen MR) is 109 cm³/mol. The van der Waals surface area contributed by atoms with Crippen molar-refractivity contribution in [3.63, 3.8) is 0 Å². The Hall–Kier alpha value is -3.47. The Morgan fingerprint density at radius 1 is 1.19 bits per heavy atom. The maximum absolute atomic E-state index is 14.0. The number of nitrogens with zero attached hydrogens (tertiary/aromatic N) is 1. The van der Waals surface area contributed by atoms with E-state index in [2.05, 4.69) is 15.2 Å². The van der Waals surface area contributed by atoms with Gasteiger partial charge in [0.2, 0.25) is 11.8 Å². The van der Waals surface area contributed by atoms with Crippen LogP contribution in [-0.4, -0.2) is 26.6 Å². The zero-order chi connectivity index (χ0) is 22.8. The van der Waals surface area contributed by atoms with Gasteiger partial charge in [-0.3, -0.25) is 14.8 Å². The van der Waals surface area contributed by atoms with Crippen molar-refractivity contribution in [3.05, 3.63) is 53.7 Å². The molecule has 0 aliphatic heterocycles. The Kier molecular flexibility index (Phi) is 6.25. The predicted octanol–water partition coefficient (Wildman–Crippen LogP) is 3.95. The summed E-state index contributed by atoms with van der Waals surface area (Å²) in [4.78, 5) is 11.2. The molecule has 0 atom stereocenters. The van der Waals surface area contributed by atoms with Crippen LogP contribution in [-0.2, 0) is 21.2 Å². The van der Waals surface area contributed by atoms with Gasteiger partial charge in [0.15, 0.2) is 0 Å². The molecule has 0 aliphatic rings. The van der Waals surface area contributed by atoms with Crippen molar-refractivity contribution >= 4 is 27.5 Å². The van der Waals surface area contributed by atoms with Crippen LogP contribution in [0.25, 0.3) is 11.1 Å². The Balaban J connectivity index is 2.12. The number of aryl methyl sites for hydroxylation is 1. The second kappa shape index (κ2) is 8.72. The van der Waals surface area contributed by atoms with Crippen molar-refractivity contribution in [1.82, 2.24) is 5.16 Å². The first-order chi connectivity index (χ1) is 14.7. The second-order valence-corrected chi connectivity index (χ2v) is 8.11. The van der Waals surface area contributed by atoms with Gasteiger partial charge in [-0.25, -0.2) is 17.2 Å². The summed E-state index contributed by atoms with van der Waals surface area (Å²) >= 11 is 0. The quantitative estimate of drug-likeness (QED) is 0.563. The standard InChI is InChI=1S/C20H19F2N3O5S/c1-4-15-19(20(30-24-15)23-11(2)26)12-5-8-17(29-3)18(9-12)31(27,28)25-16-7-6-13(21)10-14(16)22/h5-10,25H,4H2,1-3H3,(H,23,26). The number of rotatable bonds is 7. The molecule has 1 amide bonds. The van der Waals surface area contributed by atoms with Gasteiger partial charge in [0.1, 0.15) is 22.3 Å². The molecule has 2 N–H and O–H groups in total. The molecular weight excluding hydrogens is 432 g/mol. The number of nitrogens with one attached hydrogen (secondary N) is 2. The number of sulfonamides is 1. The molecule has 3 rings (SSSR count). The fourth-order valence-electron chi connectivity index (χ4n) is 2.92. The summed E-state index contributed by atoms with van der Waals surface area (Å²) in [6.45, 7) is 3.11. The average Bonchev–Trinajstić information content (AvgIpc) is 3.11. The van der Waals surface area contributed by atoms with E-state index in [0.717, 1.165) is 12.1 Å². The van der Waals surface area contributed by atoms with Crippen molar-refractivity contribution in [3.8, 4) is 16.9 Å². The maximum atomic E-state index is 14.0. The zero-order valence-electron chi connectivity index (χ0n) is 16.8. The van der Waals surface area contributed by atoms with Gasteiger partial charge in [0.05, 0.1) is 24.1 Å². The molecule has 0 radical (unpaired) electrons. The lowest BCUT2D eigenvalue weighted by atomic mass is 10.0. The molecule has 11 heteroatoms. The third kappa shape index (κ3) is 4.66. The number of carbonyl (C=O) groups is 1. The van der Waals surface area contributed by atoms with Gasteiger partial charge in [-0.05, 0) is 36.2 Å². The maximum Gasteiger partial charge on any atom is 0.265 e. The van der Waals surface area contributed by atoms with Crippen LogP contribution in [0, 0.1) is 11.6 Å². The van der Waals surface area contributed by atoms with E-state index in [4.69, 9.17) is 9.26 Å². The SMILES string of the molecule is CCc1noc(NC(C)=O)c1-c1ccc(OC)c(S(=O)(=O)Nc2ccc(F)cc2F)c1. The highest BCUT2D eigenvalue weighted by Crippen LogP contribution is 2.37. The lowest BCUT2D eigenvalue weighted by molar-refractivity contribution is -0.114. The first-order valence-corrected chi connectivity index (χ1v) is 10.6. The lowest BCUT2D eigenvalue weighted by Crippen LogP contribution is -2.15. The van der Waals surface area contributed by atoms with Crippen LogP contribution in [0.3, 0.4) is 0 Å². The summed E-state index contributed by atoms with van der Waals surface area (Å²) in [6, 6.07) is 6.75. The molecule has 1 heterocycles. The number of methoxy groups -OCH3 is 1. The summed E-state index contributed by atoms with van der Waals surface area (Å²) in [5.74, 6) is -2.25. The zero-order valence-corrected chi connectivity index (χ0v) is 17.6. The fourth-order valence-corrected chi connectivity index (χ4v) is 4.18. The summed E-state index contributed by atoms with van der Waals surface area (Å²) in [7, 11) is -3.05. The topological polar surface area (TPSA) is 111 Å². The molecular formula is C20H19F2N3O5S. The molecule has 0 aliphatic carbocycles. The normalized spacial score (nSPS) is 11.3. The molecule has 0 unspecified atom stereocenters. The van der Waals surface area contributed by atoms with E-state index in [9.17, 15) is 22.0 Å². The van der Waals surface area contributed by atoms with Crippen LogP contribution >= 0.6 is 0 Å². The lowest BCUT2D eigenvalue weighted by Gasteiger charge is -2.14. The van der Waals surface area contributed by atoms with Gasteiger partial charge in [-0.2, -0.15) is 0 Å². The molecule has 1 aromatic heterocycles. The Labute approximate surface area is 177 Å². The third-order valence-corrected chi connectivity index (χ3v) is 5.69. The summed E-state index contributed by atoms with van der Waals surface area (Å²) in [6.07, 6.45) is 0.450. The minimum Gasteiger partial charge on any atom is -0.495 e. The summed E-state index contributed by atoms with van der Waals surface area (Å²) in [5, 5.41) is 6.43. The van der Waals surface area contributed by atoms with Crippen LogP contribution in [0.2, 0.25) is 0 Å². The third-order valence-electron chi connectivity index (χ3n) is 4.30. The van der Waals surface area contributed by atoms with Crippen molar-refractivity contribution in [2.45, 2.75) is 25.2 Å². The van der Waals surface area contributed by atoms with Crippen LogP contribution in [0.15, 0.2) is 45.8 Å².